The summed E-state index contributed by atoms with van der Waals surface area (Å²) in [7, 11) is 0. The highest BCUT2D eigenvalue weighted by Gasteiger charge is 2.16. The zero-order chi connectivity index (χ0) is 12.8. The molecule has 0 atom stereocenters. The van der Waals surface area contributed by atoms with E-state index in [0.29, 0.717) is 5.88 Å². The molecule has 1 rings (SSSR count). The molecule has 0 heterocycles. The molecule has 0 radical (unpaired) electrons. The van der Waals surface area contributed by atoms with Gasteiger partial charge in [-0.25, -0.2) is 0 Å². The van der Waals surface area contributed by atoms with Gasteiger partial charge in [-0.2, -0.15) is 0 Å². The molecular formula is C14H20ClNO. The molecule has 2 nitrogen and oxygen atoms in total. The summed E-state index contributed by atoms with van der Waals surface area (Å²) in [6.45, 7) is 7.48. The first-order chi connectivity index (χ1) is 8.11. The number of hydrogen-bond acceptors (Lipinski definition) is 1. The molecule has 0 aliphatic rings. The van der Waals surface area contributed by atoms with Crippen LogP contribution in [0.3, 0.4) is 0 Å². The molecule has 0 saturated carbocycles. The standard InChI is InChI=1S/C14H20ClNO/c1-4-16(10-6-9-15)14(17)13-8-5-7-11(2)12(13)3/h5,7-8H,4,6,9-10H2,1-3H3. The van der Waals surface area contributed by atoms with Gasteiger partial charge >= 0.3 is 0 Å². The lowest BCUT2D eigenvalue weighted by molar-refractivity contribution is 0.0764. The average Bonchev–Trinajstić information content (AvgIpc) is 2.33. The van der Waals surface area contributed by atoms with Crippen LogP contribution in [0.1, 0.15) is 34.8 Å². The minimum atomic E-state index is 0.110. The maximum atomic E-state index is 12.3. The first kappa shape index (κ1) is 14.0. The van der Waals surface area contributed by atoms with E-state index in [9.17, 15) is 4.79 Å². The van der Waals surface area contributed by atoms with Gasteiger partial charge in [-0.3, -0.25) is 4.79 Å². The number of carbonyl (C=O) groups excluding carboxylic acids is 1. The number of hydrogen-bond donors (Lipinski definition) is 0. The smallest absolute Gasteiger partial charge is 0.254 e. The van der Waals surface area contributed by atoms with Crippen LogP contribution in [0, 0.1) is 13.8 Å². The van der Waals surface area contributed by atoms with E-state index in [-0.39, 0.29) is 5.91 Å². The van der Waals surface area contributed by atoms with Crippen molar-refractivity contribution in [2.24, 2.45) is 0 Å². The second kappa shape index (κ2) is 6.65. The second-order valence-electron chi connectivity index (χ2n) is 4.17. The van der Waals surface area contributed by atoms with Gasteiger partial charge in [0.05, 0.1) is 0 Å². The Morgan fingerprint density at radius 3 is 2.65 bits per heavy atom. The Balaban J connectivity index is 2.90. The van der Waals surface area contributed by atoms with Gasteiger partial charge in [0.1, 0.15) is 0 Å². The van der Waals surface area contributed by atoms with E-state index in [1.165, 1.54) is 0 Å². The lowest BCUT2D eigenvalue weighted by Gasteiger charge is -2.21. The zero-order valence-corrected chi connectivity index (χ0v) is 11.5. The lowest BCUT2D eigenvalue weighted by Crippen LogP contribution is -2.32. The summed E-state index contributed by atoms with van der Waals surface area (Å²) < 4.78 is 0. The third-order valence-electron chi connectivity index (χ3n) is 3.07. The van der Waals surface area contributed by atoms with Gasteiger partial charge in [-0.15, -0.1) is 11.6 Å². The maximum Gasteiger partial charge on any atom is 0.254 e. The van der Waals surface area contributed by atoms with Gasteiger partial charge in [-0.05, 0) is 44.4 Å². The first-order valence-corrected chi connectivity index (χ1v) is 6.56. The predicted molar refractivity (Wildman–Crippen MR) is 72.8 cm³/mol. The molecule has 0 aliphatic carbocycles. The third-order valence-corrected chi connectivity index (χ3v) is 3.33. The molecule has 1 aromatic rings. The van der Waals surface area contributed by atoms with Crippen LogP contribution < -0.4 is 0 Å². The van der Waals surface area contributed by atoms with E-state index >= 15 is 0 Å². The quantitative estimate of drug-likeness (QED) is 0.737. The third kappa shape index (κ3) is 3.47. The molecule has 94 valence electrons. The summed E-state index contributed by atoms with van der Waals surface area (Å²) in [4.78, 5) is 14.2. The molecule has 0 unspecified atom stereocenters. The molecule has 1 amide bonds. The predicted octanol–water partition coefficient (Wildman–Crippen LogP) is 3.39. The van der Waals surface area contributed by atoms with Crippen molar-refractivity contribution < 1.29 is 4.79 Å². The van der Waals surface area contributed by atoms with Crippen molar-refractivity contribution in [3.05, 3.63) is 34.9 Å². The minimum absolute atomic E-state index is 0.110. The number of carbonyl (C=O) groups is 1. The lowest BCUT2D eigenvalue weighted by atomic mass is 10.0. The van der Waals surface area contributed by atoms with E-state index in [1.54, 1.807) is 0 Å². The summed E-state index contributed by atoms with van der Waals surface area (Å²) >= 11 is 5.67. The summed E-state index contributed by atoms with van der Waals surface area (Å²) in [6, 6.07) is 5.86. The Morgan fingerprint density at radius 2 is 2.06 bits per heavy atom. The van der Waals surface area contributed by atoms with Crippen molar-refractivity contribution >= 4 is 17.5 Å². The van der Waals surface area contributed by atoms with Crippen molar-refractivity contribution in [2.75, 3.05) is 19.0 Å². The minimum Gasteiger partial charge on any atom is -0.339 e. The molecule has 0 aliphatic heterocycles. The number of halogens is 1. The number of aryl methyl sites for hydroxylation is 1. The highest BCUT2D eigenvalue weighted by molar-refractivity contribution is 6.17. The van der Waals surface area contributed by atoms with Crippen molar-refractivity contribution in [1.29, 1.82) is 0 Å². The molecule has 0 saturated heterocycles. The van der Waals surface area contributed by atoms with Crippen LogP contribution in [-0.2, 0) is 0 Å². The Kier molecular flexibility index (Phi) is 5.49. The Labute approximate surface area is 109 Å². The topological polar surface area (TPSA) is 20.3 Å². The van der Waals surface area contributed by atoms with E-state index in [1.807, 2.05) is 43.9 Å². The van der Waals surface area contributed by atoms with Crippen molar-refractivity contribution in [3.8, 4) is 0 Å². The largest absolute Gasteiger partial charge is 0.339 e. The number of benzene rings is 1. The second-order valence-corrected chi connectivity index (χ2v) is 4.55. The maximum absolute atomic E-state index is 12.3. The fourth-order valence-corrected chi connectivity index (χ4v) is 1.93. The monoisotopic (exact) mass is 253 g/mol. The first-order valence-electron chi connectivity index (χ1n) is 6.03. The fraction of sp³-hybridized carbons (Fsp3) is 0.500. The number of amides is 1. The van der Waals surface area contributed by atoms with Crippen LogP contribution in [0.25, 0.3) is 0 Å². The van der Waals surface area contributed by atoms with Crippen molar-refractivity contribution in [2.45, 2.75) is 27.2 Å². The molecule has 0 N–H and O–H groups in total. The van der Waals surface area contributed by atoms with E-state index in [0.717, 1.165) is 36.2 Å². The summed E-state index contributed by atoms with van der Waals surface area (Å²) in [5.74, 6) is 0.704. The summed E-state index contributed by atoms with van der Waals surface area (Å²) in [5.41, 5.74) is 3.03. The fourth-order valence-electron chi connectivity index (χ4n) is 1.81. The van der Waals surface area contributed by atoms with Crippen LogP contribution >= 0.6 is 11.6 Å². The van der Waals surface area contributed by atoms with Crippen molar-refractivity contribution in [1.82, 2.24) is 4.90 Å². The van der Waals surface area contributed by atoms with Gasteiger partial charge in [0.15, 0.2) is 0 Å². The molecule has 0 spiro atoms. The van der Waals surface area contributed by atoms with Crippen LogP contribution in [0.5, 0.6) is 0 Å². The molecular weight excluding hydrogens is 234 g/mol. The summed E-state index contributed by atoms with van der Waals surface area (Å²) in [6.07, 6.45) is 0.839. The molecule has 0 fully saturated rings. The van der Waals surface area contributed by atoms with Crippen molar-refractivity contribution in [3.63, 3.8) is 0 Å². The number of rotatable bonds is 5. The van der Waals surface area contributed by atoms with Gasteiger partial charge in [0.25, 0.3) is 5.91 Å². The van der Waals surface area contributed by atoms with Gasteiger partial charge in [0.2, 0.25) is 0 Å². The number of alkyl halides is 1. The van der Waals surface area contributed by atoms with Gasteiger partial charge in [-0.1, -0.05) is 12.1 Å². The van der Waals surface area contributed by atoms with E-state index in [2.05, 4.69) is 0 Å². The van der Waals surface area contributed by atoms with Gasteiger partial charge in [0, 0.05) is 24.5 Å². The SMILES string of the molecule is CCN(CCCCl)C(=O)c1cccc(C)c1C. The number of nitrogens with zero attached hydrogens (tertiary/aromatic N) is 1. The molecule has 17 heavy (non-hydrogen) atoms. The Morgan fingerprint density at radius 1 is 1.35 bits per heavy atom. The van der Waals surface area contributed by atoms with Crippen LogP contribution in [-0.4, -0.2) is 29.8 Å². The molecule has 0 bridgehead atoms. The highest BCUT2D eigenvalue weighted by atomic mass is 35.5. The molecule has 3 heteroatoms. The van der Waals surface area contributed by atoms with Crippen LogP contribution in [0.15, 0.2) is 18.2 Å². The normalized spacial score (nSPS) is 10.4. The highest BCUT2D eigenvalue weighted by Crippen LogP contribution is 2.15. The van der Waals surface area contributed by atoms with Gasteiger partial charge < -0.3 is 4.90 Å². The van der Waals surface area contributed by atoms with Crippen LogP contribution in [0.4, 0.5) is 0 Å². The van der Waals surface area contributed by atoms with E-state index < -0.39 is 0 Å². The summed E-state index contributed by atoms with van der Waals surface area (Å²) in [5, 5.41) is 0. The molecule has 1 aromatic carbocycles. The molecule has 0 aromatic heterocycles. The Hall–Kier alpha value is -1.02. The average molecular weight is 254 g/mol. The Bertz CT molecular complexity index is 390. The zero-order valence-electron chi connectivity index (χ0n) is 10.8. The van der Waals surface area contributed by atoms with E-state index in [4.69, 9.17) is 11.6 Å². The van der Waals surface area contributed by atoms with Crippen LogP contribution in [0.2, 0.25) is 0 Å².